The van der Waals surface area contributed by atoms with Crippen LogP contribution < -0.4 is 10.2 Å². The Kier molecular flexibility index (Phi) is 7.60. The van der Waals surface area contributed by atoms with Gasteiger partial charge in [-0.25, -0.2) is 4.98 Å². The van der Waals surface area contributed by atoms with Crippen molar-refractivity contribution in [2.24, 2.45) is 0 Å². The van der Waals surface area contributed by atoms with E-state index in [2.05, 4.69) is 55.9 Å². The summed E-state index contributed by atoms with van der Waals surface area (Å²) < 4.78 is 0. The quantitative estimate of drug-likeness (QED) is 0.692. The van der Waals surface area contributed by atoms with Gasteiger partial charge >= 0.3 is 0 Å². The number of anilines is 1. The van der Waals surface area contributed by atoms with Crippen molar-refractivity contribution in [2.45, 2.75) is 72.5 Å². The van der Waals surface area contributed by atoms with Crippen LogP contribution in [0.1, 0.15) is 59.4 Å². The van der Waals surface area contributed by atoms with Crippen molar-refractivity contribution in [1.82, 2.24) is 10.3 Å². The maximum Gasteiger partial charge on any atom is 0.133 e. The molecule has 0 radical (unpaired) electrons. The number of aromatic nitrogens is 1. The Balaban J connectivity index is 2.83. The Morgan fingerprint density at radius 1 is 1.20 bits per heavy atom. The Morgan fingerprint density at radius 2 is 1.95 bits per heavy atom. The lowest BCUT2D eigenvalue weighted by Gasteiger charge is -2.30. The molecule has 1 heterocycles. The van der Waals surface area contributed by atoms with Gasteiger partial charge in [-0.1, -0.05) is 39.7 Å². The van der Waals surface area contributed by atoms with E-state index >= 15 is 0 Å². The molecule has 1 N–H and O–H groups in total. The predicted octanol–water partition coefficient (Wildman–Crippen LogP) is 3.98. The SMILES string of the molecule is CCCCCN(c1ncccc1CNC(C)C)C(C)C. The summed E-state index contributed by atoms with van der Waals surface area (Å²) in [6, 6.07) is 5.20. The molecule has 0 unspecified atom stereocenters. The third kappa shape index (κ3) is 5.49. The standard InChI is InChI=1S/C17H31N3/c1-6-7-8-12-20(15(4)5)17-16(10-9-11-18-17)13-19-14(2)3/h9-11,14-15,19H,6-8,12-13H2,1-5H3. The Hall–Kier alpha value is -1.09. The molecular weight excluding hydrogens is 246 g/mol. The van der Waals surface area contributed by atoms with Crippen molar-refractivity contribution < 1.29 is 0 Å². The van der Waals surface area contributed by atoms with Crippen molar-refractivity contribution >= 4 is 5.82 Å². The molecule has 0 atom stereocenters. The summed E-state index contributed by atoms with van der Waals surface area (Å²) in [7, 11) is 0. The van der Waals surface area contributed by atoms with Crippen molar-refractivity contribution in [3.63, 3.8) is 0 Å². The normalized spacial score (nSPS) is 11.3. The van der Waals surface area contributed by atoms with Crippen LogP contribution in [0.4, 0.5) is 5.82 Å². The van der Waals surface area contributed by atoms with Crippen LogP contribution in [-0.2, 0) is 6.54 Å². The highest BCUT2D eigenvalue weighted by Gasteiger charge is 2.15. The largest absolute Gasteiger partial charge is 0.354 e. The minimum Gasteiger partial charge on any atom is -0.354 e. The van der Waals surface area contributed by atoms with Gasteiger partial charge < -0.3 is 10.2 Å². The summed E-state index contributed by atoms with van der Waals surface area (Å²) in [4.78, 5) is 7.08. The van der Waals surface area contributed by atoms with Crippen molar-refractivity contribution in [1.29, 1.82) is 0 Å². The van der Waals surface area contributed by atoms with Gasteiger partial charge in [0.15, 0.2) is 0 Å². The van der Waals surface area contributed by atoms with Crippen LogP contribution in [0.3, 0.4) is 0 Å². The minimum absolute atomic E-state index is 0.486. The first-order chi connectivity index (χ1) is 9.56. The molecule has 3 nitrogen and oxygen atoms in total. The molecule has 0 aromatic carbocycles. The summed E-state index contributed by atoms with van der Waals surface area (Å²) in [6.45, 7) is 13.1. The van der Waals surface area contributed by atoms with E-state index in [1.54, 1.807) is 0 Å². The number of nitrogens with zero attached hydrogens (tertiary/aromatic N) is 2. The van der Waals surface area contributed by atoms with Gasteiger partial charge in [0, 0.05) is 36.9 Å². The topological polar surface area (TPSA) is 28.2 Å². The van der Waals surface area contributed by atoms with E-state index in [4.69, 9.17) is 0 Å². The highest BCUT2D eigenvalue weighted by Crippen LogP contribution is 2.20. The van der Waals surface area contributed by atoms with Crippen LogP contribution >= 0.6 is 0 Å². The van der Waals surface area contributed by atoms with E-state index in [1.165, 1.54) is 24.8 Å². The van der Waals surface area contributed by atoms with Gasteiger partial charge in [-0.05, 0) is 26.3 Å². The molecule has 0 saturated carbocycles. The molecule has 0 spiro atoms. The Labute approximate surface area is 124 Å². The lowest BCUT2D eigenvalue weighted by molar-refractivity contribution is 0.579. The van der Waals surface area contributed by atoms with Crippen LogP contribution in [0.2, 0.25) is 0 Å². The van der Waals surface area contributed by atoms with E-state index in [0.717, 1.165) is 18.9 Å². The highest BCUT2D eigenvalue weighted by atomic mass is 15.2. The van der Waals surface area contributed by atoms with Crippen LogP contribution in [-0.4, -0.2) is 23.6 Å². The molecule has 20 heavy (non-hydrogen) atoms. The average molecular weight is 277 g/mol. The van der Waals surface area contributed by atoms with Crippen LogP contribution in [0.25, 0.3) is 0 Å². The zero-order valence-electron chi connectivity index (χ0n) is 13.8. The van der Waals surface area contributed by atoms with Gasteiger partial charge in [0.2, 0.25) is 0 Å². The lowest BCUT2D eigenvalue weighted by atomic mass is 10.1. The summed E-state index contributed by atoms with van der Waals surface area (Å²) in [5.74, 6) is 1.15. The number of hydrogen-bond donors (Lipinski definition) is 1. The fourth-order valence-electron chi connectivity index (χ4n) is 2.28. The fourth-order valence-corrected chi connectivity index (χ4v) is 2.28. The summed E-state index contributed by atoms with van der Waals surface area (Å²) in [5.41, 5.74) is 1.30. The first-order valence-corrected chi connectivity index (χ1v) is 8.00. The molecular formula is C17H31N3. The zero-order valence-corrected chi connectivity index (χ0v) is 13.8. The third-order valence-corrected chi connectivity index (χ3v) is 3.47. The summed E-state index contributed by atoms with van der Waals surface area (Å²) >= 11 is 0. The maximum atomic E-state index is 4.64. The van der Waals surface area contributed by atoms with E-state index in [0.29, 0.717) is 12.1 Å². The lowest BCUT2D eigenvalue weighted by Crippen LogP contribution is -2.34. The molecule has 0 bridgehead atoms. The van der Waals surface area contributed by atoms with Crippen LogP contribution in [0.5, 0.6) is 0 Å². The number of pyridine rings is 1. The van der Waals surface area contributed by atoms with Gasteiger partial charge in [-0.15, -0.1) is 0 Å². The summed E-state index contributed by atoms with van der Waals surface area (Å²) in [6.07, 6.45) is 5.69. The van der Waals surface area contributed by atoms with Crippen molar-refractivity contribution in [3.8, 4) is 0 Å². The van der Waals surface area contributed by atoms with Crippen molar-refractivity contribution in [3.05, 3.63) is 23.9 Å². The van der Waals surface area contributed by atoms with Gasteiger partial charge in [-0.2, -0.15) is 0 Å². The summed E-state index contributed by atoms with van der Waals surface area (Å²) in [5, 5.41) is 3.50. The Morgan fingerprint density at radius 3 is 2.55 bits per heavy atom. The second-order valence-electron chi connectivity index (χ2n) is 6.02. The number of hydrogen-bond acceptors (Lipinski definition) is 3. The van der Waals surface area contributed by atoms with Gasteiger partial charge in [-0.3, -0.25) is 0 Å². The minimum atomic E-state index is 0.486. The molecule has 0 saturated heterocycles. The van der Waals surface area contributed by atoms with Gasteiger partial charge in [0.1, 0.15) is 5.82 Å². The van der Waals surface area contributed by atoms with E-state index in [1.807, 2.05) is 12.3 Å². The number of nitrogens with one attached hydrogen (secondary N) is 1. The molecule has 0 fully saturated rings. The Bertz CT molecular complexity index is 374. The average Bonchev–Trinajstić information content (AvgIpc) is 2.41. The number of unbranched alkanes of at least 4 members (excludes halogenated alkanes) is 2. The molecule has 1 aromatic heterocycles. The molecule has 114 valence electrons. The highest BCUT2D eigenvalue weighted by molar-refractivity contribution is 5.47. The van der Waals surface area contributed by atoms with E-state index in [9.17, 15) is 0 Å². The molecule has 3 heteroatoms. The second kappa shape index (κ2) is 8.96. The molecule has 0 amide bonds. The van der Waals surface area contributed by atoms with E-state index in [-0.39, 0.29) is 0 Å². The molecule has 1 rings (SSSR count). The first kappa shape index (κ1) is 17.0. The maximum absolute atomic E-state index is 4.64. The molecule has 0 aliphatic rings. The van der Waals surface area contributed by atoms with E-state index < -0.39 is 0 Å². The number of rotatable bonds is 9. The fraction of sp³-hybridized carbons (Fsp3) is 0.706. The second-order valence-corrected chi connectivity index (χ2v) is 6.02. The first-order valence-electron chi connectivity index (χ1n) is 8.00. The van der Waals surface area contributed by atoms with Crippen LogP contribution in [0.15, 0.2) is 18.3 Å². The third-order valence-electron chi connectivity index (χ3n) is 3.47. The van der Waals surface area contributed by atoms with Gasteiger partial charge in [0.25, 0.3) is 0 Å². The van der Waals surface area contributed by atoms with Crippen LogP contribution in [0, 0.1) is 0 Å². The van der Waals surface area contributed by atoms with Gasteiger partial charge in [0.05, 0.1) is 0 Å². The van der Waals surface area contributed by atoms with Crippen molar-refractivity contribution in [2.75, 3.05) is 11.4 Å². The molecule has 0 aliphatic heterocycles. The molecule has 1 aromatic rings. The smallest absolute Gasteiger partial charge is 0.133 e. The monoisotopic (exact) mass is 277 g/mol. The molecule has 0 aliphatic carbocycles. The predicted molar refractivity (Wildman–Crippen MR) is 88.2 cm³/mol. The zero-order chi connectivity index (χ0) is 15.0.